The van der Waals surface area contributed by atoms with Gasteiger partial charge >= 0.3 is 20.8 Å². The molecule has 4 N–H and O–H groups in total. The van der Waals surface area contributed by atoms with E-state index in [0.717, 1.165) is 32.1 Å². The van der Waals surface area contributed by atoms with Crippen LogP contribution in [0.1, 0.15) is 106 Å². The zero-order valence-electron chi connectivity index (χ0n) is 25.9. The molecule has 0 aromatic carbocycles. The minimum Gasteiger partial charge on any atom is -0.393 e. The molecular weight excluding hydrogens is 584 g/mol. The molecule has 5 rings (SSSR count). The van der Waals surface area contributed by atoms with E-state index in [0.29, 0.717) is 24.7 Å². The first-order valence-electron chi connectivity index (χ1n) is 15.8. The fourth-order valence-corrected chi connectivity index (χ4v) is 12.5. The Morgan fingerprint density at radius 2 is 1.50 bits per heavy atom. The lowest BCUT2D eigenvalue weighted by Gasteiger charge is -2.62. The highest BCUT2D eigenvalue weighted by atomic mass is 32.3. The van der Waals surface area contributed by atoms with Crippen LogP contribution >= 0.6 is 0 Å². The second-order valence-corrected chi connectivity index (χ2v) is 18.0. The fraction of sp³-hybridized carbons (Fsp3) is 1.00. The van der Waals surface area contributed by atoms with E-state index in [1.165, 1.54) is 6.42 Å². The molecule has 0 heterocycles. The SMILES string of the molecule is CC(C)C1(CCC(C)(O)[C@H]2[C@@H](O)CC3C4CC[C@H]5C[C@H](OS(=O)(=O)O)[C@@H](OS(=O)(=O)O)C[C@]5(C)C4CC[C@@]32C)CC1C. The van der Waals surface area contributed by atoms with Gasteiger partial charge in [-0.2, -0.15) is 16.8 Å². The van der Waals surface area contributed by atoms with E-state index in [2.05, 4.69) is 34.6 Å². The van der Waals surface area contributed by atoms with Crippen LogP contribution in [0.15, 0.2) is 0 Å². The van der Waals surface area contributed by atoms with Crippen LogP contribution in [0.4, 0.5) is 0 Å². The summed E-state index contributed by atoms with van der Waals surface area (Å²) < 4.78 is 75.1. The second kappa shape index (κ2) is 10.6. The predicted molar refractivity (Wildman–Crippen MR) is 156 cm³/mol. The van der Waals surface area contributed by atoms with Crippen LogP contribution in [0.25, 0.3) is 0 Å². The summed E-state index contributed by atoms with van der Waals surface area (Å²) in [5.74, 6) is 1.58. The summed E-state index contributed by atoms with van der Waals surface area (Å²) >= 11 is 0. The molecule has 0 bridgehead atoms. The lowest BCUT2D eigenvalue weighted by atomic mass is 9.44. The number of aliphatic hydroxyl groups is 2. The number of aliphatic hydroxyl groups excluding tert-OH is 1. The molecule has 42 heavy (non-hydrogen) atoms. The molecule has 0 spiro atoms. The molecule has 0 saturated heterocycles. The highest BCUT2D eigenvalue weighted by molar-refractivity contribution is 7.81. The van der Waals surface area contributed by atoms with Crippen LogP contribution < -0.4 is 0 Å². The molecule has 6 unspecified atom stereocenters. The van der Waals surface area contributed by atoms with Crippen molar-refractivity contribution >= 4 is 20.8 Å². The van der Waals surface area contributed by atoms with Crippen molar-refractivity contribution in [3.05, 3.63) is 0 Å². The third kappa shape index (κ3) is 5.74. The number of fused-ring (bicyclic) bond motifs is 5. The first-order valence-corrected chi connectivity index (χ1v) is 18.6. The predicted octanol–water partition coefficient (Wildman–Crippen LogP) is 4.82. The third-order valence-corrected chi connectivity index (χ3v) is 14.6. The van der Waals surface area contributed by atoms with Crippen molar-refractivity contribution in [2.45, 2.75) is 130 Å². The van der Waals surface area contributed by atoms with Gasteiger partial charge in [-0.15, -0.1) is 0 Å². The molecule has 12 heteroatoms. The van der Waals surface area contributed by atoms with Gasteiger partial charge in [-0.1, -0.05) is 34.6 Å². The molecule has 5 aliphatic carbocycles. The van der Waals surface area contributed by atoms with Crippen molar-refractivity contribution in [2.24, 2.45) is 57.7 Å². The van der Waals surface area contributed by atoms with Crippen molar-refractivity contribution in [1.29, 1.82) is 0 Å². The van der Waals surface area contributed by atoms with Gasteiger partial charge in [0.1, 0.15) is 12.2 Å². The zero-order valence-corrected chi connectivity index (χ0v) is 27.5. The summed E-state index contributed by atoms with van der Waals surface area (Å²) in [7, 11) is -9.76. The van der Waals surface area contributed by atoms with Crippen LogP contribution in [-0.4, -0.2) is 60.1 Å². The molecule has 10 nitrogen and oxygen atoms in total. The fourth-order valence-electron chi connectivity index (χ4n) is 11.5. The minimum absolute atomic E-state index is 0.00842. The monoisotopic (exact) mass is 636 g/mol. The van der Waals surface area contributed by atoms with Gasteiger partial charge in [-0.05, 0) is 123 Å². The Kier molecular flexibility index (Phi) is 8.34. The molecule has 5 fully saturated rings. The van der Waals surface area contributed by atoms with Gasteiger partial charge in [-0.3, -0.25) is 9.11 Å². The van der Waals surface area contributed by atoms with Gasteiger partial charge in [-0.25, -0.2) is 8.37 Å². The Balaban J connectivity index is 1.37. The Labute approximate surface area is 252 Å². The van der Waals surface area contributed by atoms with Crippen molar-refractivity contribution in [3.8, 4) is 0 Å². The second-order valence-electron chi connectivity index (χ2n) is 15.9. The van der Waals surface area contributed by atoms with Gasteiger partial charge in [0.15, 0.2) is 0 Å². The van der Waals surface area contributed by atoms with Gasteiger partial charge in [0.05, 0.1) is 11.7 Å². The summed E-state index contributed by atoms with van der Waals surface area (Å²) in [5.41, 5.74) is -1.39. The number of rotatable bonds is 9. The quantitative estimate of drug-likeness (QED) is 0.258. The largest absolute Gasteiger partial charge is 0.397 e. The molecule has 0 amide bonds. The first kappa shape index (κ1) is 33.0. The average molecular weight is 637 g/mol. The van der Waals surface area contributed by atoms with Gasteiger partial charge < -0.3 is 10.2 Å². The molecule has 5 saturated carbocycles. The maximum Gasteiger partial charge on any atom is 0.397 e. The lowest BCUT2D eigenvalue weighted by Crippen LogP contribution is -2.58. The standard InChI is InChI=1S/C30H52O10S2/c1-17(2)30(15-18(30)3)12-11-29(6,32)26-23(31)14-22-20-8-7-19-13-24(39-41(33,34)35)25(40-42(36,37)38)16-28(19,5)21(20)9-10-27(22,26)4/h17-26,31-32H,7-16H2,1-6H3,(H,33,34,35)(H,36,37,38)/t18?,19-,20?,21?,22?,23-,24-,25-,26-,27-,28-,29?,30?/m0/s1. The zero-order chi connectivity index (χ0) is 31.3. The topological polar surface area (TPSA) is 168 Å². The summed E-state index contributed by atoms with van der Waals surface area (Å²) in [6.45, 7) is 13.1. The Morgan fingerprint density at radius 1 is 0.905 bits per heavy atom. The van der Waals surface area contributed by atoms with E-state index >= 15 is 0 Å². The molecular formula is C30H52O10S2. The summed E-state index contributed by atoms with van der Waals surface area (Å²) in [5, 5.41) is 23.6. The third-order valence-electron chi connectivity index (χ3n) is 13.6. The van der Waals surface area contributed by atoms with Crippen LogP contribution in [0.5, 0.6) is 0 Å². The number of hydrogen-bond donors (Lipinski definition) is 4. The summed E-state index contributed by atoms with van der Waals surface area (Å²) in [6.07, 6.45) is 3.94. The van der Waals surface area contributed by atoms with Crippen LogP contribution in [0, 0.1) is 57.7 Å². The van der Waals surface area contributed by atoms with E-state index in [4.69, 9.17) is 8.37 Å². The normalized spacial score (nSPS) is 48.7. The highest BCUT2D eigenvalue weighted by Gasteiger charge is 2.66. The Bertz CT molecular complexity index is 1250. The molecule has 0 aromatic rings. The van der Waals surface area contributed by atoms with Crippen molar-refractivity contribution in [1.82, 2.24) is 0 Å². The summed E-state index contributed by atoms with van der Waals surface area (Å²) in [6, 6.07) is 0. The van der Waals surface area contributed by atoms with Crippen LogP contribution in [0.2, 0.25) is 0 Å². The summed E-state index contributed by atoms with van der Waals surface area (Å²) in [4.78, 5) is 0. The lowest BCUT2D eigenvalue weighted by molar-refractivity contribution is -0.164. The number of hydrogen-bond acceptors (Lipinski definition) is 8. The molecule has 0 aliphatic heterocycles. The van der Waals surface area contributed by atoms with E-state index in [1.54, 1.807) is 0 Å². The van der Waals surface area contributed by atoms with E-state index in [1.807, 2.05) is 6.92 Å². The highest BCUT2D eigenvalue weighted by Crippen LogP contribution is 2.69. The van der Waals surface area contributed by atoms with E-state index in [9.17, 15) is 36.2 Å². The minimum atomic E-state index is -4.90. The Hall–Kier alpha value is -0.340. The van der Waals surface area contributed by atoms with Crippen LogP contribution in [0.3, 0.4) is 0 Å². The van der Waals surface area contributed by atoms with E-state index < -0.39 is 50.1 Å². The van der Waals surface area contributed by atoms with Gasteiger partial charge in [0.2, 0.25) is 0 Å². The van der Waals surface area contributed by atoms with Gasteiger partial charge in [0.25, 0.3) is 0 Å². The molecule has 244 valence electrons. The van der Waals surface area contributed by atoms with Crippen molar-refractivity contribution in [2.75, 3.05) is 0 Å². The maximum atomic E-state index is 12.0. The van der Waals surface area contributed by atoms with Crippen molar-refractivity contribution < 1.29 is 44.5 Å². The molecule has 13 atom stereocenters. The van der Waals surface area contributed by atoms with E-state index in [-0.39, 0.29) is 53.3 Å². The molecule has 0 aromatic heterocycles. The van der Waals surface area contributed by atoms with Gasteiger partial charge in [0, 0.05) is 5.92 Å². The maximum absolute atomic E-state index is 12.0. The van der Waals surface area contributed by atoms with Crippen LogP contribution in [-0.2, 0) is 29.2 Å². The smallest absolute Gasteiger partial charge is 0.393 e. The van der Waals surface area contributed by atoms with Crippen molar-refractivity contribution in [3.63, 3.8) is 0 Å². The molecule has 5 aliphatic rings. The molecule has 0 radical (unpaired) electrons. The Morgan fingerprint density at radius 3 is 2.05 bits per heavy atom. The first-order chi connectivity index (χ1) is 19.1. The average Bonchev–Trinajstić information content (AvgIpc) is 3.40.